The molecule has 1 unspecified atom stereocenters. The van der Waals surface area contributed by atoms with E-state index in [4.69, 9.17) is 0 Å². The number of nitrogens with zero attached hydrogens (tertiary/aromatic N) is 1. The van der Waals surface area contributed by atoms with E-state index in [0.29, 0.717) is 5.56 Å². The number of hydrogen-bond acceptors (Lipinski definition) is 2. The van der Waals surface area contributed by atoms with Crippen LogP contribution in [0.2, 0.25) is 0 Å². The summed E-state index contributed by atoms with van der Waals surface area (Å²) in [6.07, 6.45) is 0. The summed E-state index contributed by atoms with van der Waals surface area (Å²) in [7, 11) is 3.39. The predicted octanol–water partition coefficient (Wildman–Crippen LogP) is 2.83. The lowest BCUT2D eigenvalue weighted by atomic mass is 9.86. The fourth-order valence-corrected chi connectivity index (χ4v) is 2.14. The average Bonchev–Trinajstić information content (AvgIpc) is 2.42. The van der Waals surface area contributed by atoms with Crippen LogP contribution in [-0.2, 0) is 10.2 Å². The first-order valence-electron chi connectivity index (χ1n) is 7.66. The third kappa shape index (κ3) is 4.58. The number of benzene rings is 1. The first kappa shape index (κ1) is 18.2. The molecule has 0 aromatic heterocycles. The largest absolute Gasteiger partial charge is 0.347 e. The molecule has 0 aliphatic heterocycles. The second kappa shape index (κ2) is 6.95. The molecule has 1 atom stereocenters. The van der Waals surface area contributed by atoms with Gasteiger partial charge in [0, 0.05) is 19.7 Å². The van der Waals surface area contributed by atoms with Gasteiger partial charge in [-0.3, -0.25) is 9.59 Å². The summed E-state index contributed by atoms with van der Waals surface area (Å²) in [5.41, 5.74) is 1.80. The van der Waals surface area contributed by atoms with Crippen molar-refractivity contribution in [2.24, 2.45) is 5.92 Å². The standard InChI is InChI=1S/C18H28N2O2/c1-12(2)15(17(22)20(6)7)19-16(21)13-8-10-14(11-9-13)18(3,4)5/h8-12,15H,1-7H3,(H,19,21). The van der Waals surface area contributed by atoms with Gasteiger partial charge in [0.2, 0.25) is 5.91 Å². The van der Waals surface area contributed by atoms with Gasteiger partial charge in [0.25, 0.3) is 5.91 Å². The quantitative estimate of drug-likeness (QED) is 0.930. The summed E-state index contributed by atoms with van der Waals surface area (Å²) in [4.78, 5) is 26.0. The molecule has 0 heterocycles. The number of amides is 2. The van der Waals surface area contributed by atoms with E-state index in [9.17, 15) is 9.59 Å². The molecule has 0 bridgehead atoms. The summed E-state index contributed by atoms with van der Waals surface area (Å²) in [6, 6.07) is 7.05. The summed E-state index contributed by atoms with van der Waals surface area (Å²) in [5.74, 6) is -0.267. The molecule has 1 aromatic rings. The van der Waals surface area contributed by atoms with Gasteiger partial charge in [0.05, 0.1) is 0 Å². The molecule has 0 saturated heterocycles. The number of nitrogens with one attached hydrogen (secondary N) is 1. The maximum Gasteiger partial charge on any atom is 0.251 e. The lowest BCUT2D eigenvalue weighted by Gasteiger charge is -2.25. The fraction of sp³-hybridized carbons (Fsp3) is 0.556. The van der Waals surface area contributed by atoms with Gasteiger partial charge in [0.15, 0.2) is 0 Å². The first-order valence-corrected chi connectivity index (χ1v) is 7.66. The molecule has 1 N–H and O–H groups in total. The lowest BCUT2D eigenvalue weighted by Crippen LogP contribution is -2.49. The van der Waals surface area contributed by atoms with Crippen LogP contribution in [0.3, 0.4) is 0 Å². The second-order valence-corrected chi connectivity index (χ2v) is 7.26. The molecule has 22 heavy (non-hydrogen) atoms. The number of carbonyl (C=O) groups excluding carboxylic acids is 2. The number of likely N-dealkylation sites (N-methyl/N-ethyl adjacent to an activating group) is 1. The van der Waals surface area contributed by atoms with E-state index < -0.39 is 6.04 Å². The van der Waals surface area contributed by atoms with Gasteiger partial charge in [-0.25, -0.2) is 0 Å². The molecular weight excluding hydrogens is 276 g/mol. The van der Waals surface area contributed by atoms with E-state index in [2.05, 4.69) is 26.1 Å². The maximum absolute atomic E-state index is 12.4. The minimum Gasteiger partial charge on any atom is -0.347 e. The summed E-state index contributed by atoms with van der Waals surface area (Å²) in [6.45, 7) is 10.2. The number of rotatable bonds is 4. The van der Waals surface area contributed by atoms with Crippen molar-refractivity contribution in [1.82, 2.24) is 10.2 Å². The molecule has 0 aliphatic rings. The predicted molar refractivity (Wildman–Crippen MR) is 89.9 cm³/mol. The Morgan fingerprint density at radius 2 is 1.55 bits per heavy atom. The molecule has 0 saturated carbocycles. The van der Waals surface area contributed by atoms with Crippen molar-refractivity contribution in [1.29, 1.82) is 0 Å². The van der Waals surface area contributed by atoms with Crippen LogP contribution in [-0.4, -0.2) is 36.9 Å². The summed E-state index contributed by atoms with van der Waals surface area (Å²) < 4.78 is 0. The van der Waals surface area contributed by atoms with E-state index in [0.717, 1.165) is 0 Å². The Labute approximate surface area is 133 Å². The molecule has 2 amide bonds. The average molecular weight is 304 g/mol. The Kier molecular flexibility index (Phi) is 5.75. The molecular formula is C18H28N2O2. The topological polar surface area (TPSA) is 49.4 Å². The van der Waals surface area contributed by atoms with E-state index in [1.807, 2.05) is 38.1 Å². The van der Waals surface area contributed by atoms with Crippen molar-refractivity contribution < 1.29 is 9.59 Å². The molecule has 0 aliphatic carbocycles. The summed E-state index contributed by atoms with van der Waals surface area (Å²) >= 11 is 0. The Hall–Kier alpha value is -1.84. The molecule has 122 valence electrons. The lowest BCUT2D eigenvalue weighted by molar-refractivity contribution is -0.131. The van der Waals surface area contributed by atoms with Crippen molar-refractivity contribution in [2.75, 3.05) is 14.1 Å². The van der Waals surface area contributed by atoms with Crippen molar-refractivity contribution in [2.45, 2.75) is 46.1 Å². The smallest absolute Gasteiger partial charge is 0.251 e. The van der Waals surface area contributed by atoms with E-state index in [1.54, 1.807) is 14.1 Å². The fourth-order valence-electron chi connectivity index (χ4n) is 2.14. The first-order chi connectivity index (χ1) is 10.0. The van der Waals surface area contributed by atoms with Crippen molar-refractivity contribution >= 4 is 11.8 Å². The molecule has 4 nitrogen and oxygen atoms in total. The van der Waals surface area contributed by atoms with E-state index >= 15 is 0 Å². The normalized spacial score (nSPS) is 12.9. The zero-order chi connectivity index (χ0) is 17.1. The minimum atomic E-state index is -0.509. The monoisotopic (exact) mass is 304 g/mol. The maximum atomic E-state index is 12.4. The molecule has 0 radical (unpaired) electrons. The van der Waals surface area contributed by atoms with Crippen molar-refractivity contribution in [3.05, 3.63) is 35.4 Å². The Balaban J connectivity index is 2.89. The molecule has 1 aromatic carbocycles. The zero-order valence-electron chi connectivity index (χ0n) is 14.7. The van der Waals surface area contributed by atoms with Crippen LogP contribution in [0.25, 0.3) is 0 Å². The third-order valence-corrected chi connectivity index (χ3v) is 3.67. The SMILES string of the molecule is CC(C)C(NC(=O)c1ccc(C(C)(C)C)cc1)C(=O)N(C)C. The van der Waals surface area contributed by atoms with Gasteiger partial charge in [-0.1, -0.05) is 46.8 Å². The van der Waals surface area contributed by atoms with Gasteiger partial charge < -0.3 is 10.2 Å². The van der Waals surface area contributed by atoms with Gasteiger partial charge in [-0.15, -0.1) is 0 Å². The van der Waals surface area contributed by atoms with E-state index in [1.165, 1.54) is 10.5 Å². The van der Waals surface area contributed by atoms with Crippen LogP contribution in [0.4, 0.5) is 0 Å². The van der Waals surface area contributed by atoms with E-state index in [-0.39, 0.29) is 23.1 Å². The highest BCUT2D eigenvalue weighted by molar-refractivity contribution is 5.97. The Morgan fingerprint density at radius 1 is 1.05 bits per heavy atom. The van der Waals surface area contributed by atoms with Crippen LogP contribution in [0.1, 0.15) is 50.5 Å². The van der Waals surface area contributed by atoms with Crippen LogP contribution >= 0.6 is 0 Å². The second-order valence-electron chi connectivity index (χ2n) is 7.26. The molecule has 0 fully saturated rings. The molecule has 0 spiro atoms. The Bertz CT molecular complexity index is 525. The van der Waals surface area contributed by atoms with Crippen LogP contribution in [0, 0.1) is 5.92 Å². The summed E-state index contributed by atoms with van der Waals surface area (Å²) in [5, 5.41) is 2.84. The highest BCUT2D eigenvalue weighted by Gasteiger charge is 2.26. The molecule has 4 heteroatoms. The van der Waals surface area contributed by atoms with Gasteiger partial charge >= 0.3 is 0 Å². The number of carbonyl (C=O) groups is 2. The third-order valence-electron chi connectivity index (χ3n) is 3.67. The zero-order valence-corrected chi connectivity index (χ0v) is 14.7. The Morgan fingerprint density at radius 3 is 1.91 bits per heavy atom. The minimum absolute atomic E-state index is 0.0349. The highest BCUT2D eigenvalue weighted by atomic mass is 16.2. The highest BCUT2D eigenvalue weighted by Crippen LogP contribution is 2.22. The van der Waals surface area contributed by atoms with Crippen molar-refractivity contribution in [3.8, 4) is 0 Å². The van der Waals surface area contributed by atoms with Crippen LogP contribution in [0.15, 0.2) is 24.3 Å². The van der Waals surface area contributed by atoms with Crippen LogP contribution < -0.4 is 5.32 Å². The van der Waals surface area contributed by atoms with Crippen LogP contribution in [0.5, 0.6) is 0 Å². The van der Waals surface area contributed by atoms with Crippen molar-refractivity contribution in [3.63, 3.8) is 0 Å². The van der Waals surface area contributed by atoms with Gasteiger partial charge in [-0.2, -0.15) is 0 Å². The number of hydrogen-bond donors (Lipinski definition) is 1. The molecule has 1 rings (SSSR count). The van der Waals surface area contributed by atoms with Gasteiger partial charge in [-0.05, 0) is 29.0 Å². The van der Waals surface area contributed by atoms with Gasteiger partial charge in [0.1, 0.15) is 6.04 Å².